The maximum absolute atomic E-state index is 12.7. The number of benzene rings is 2. The Bertz CT molecular complexity index is 1780. The van der Waals surface area contributed by atoms with Gasteiger partial charge in [-0.05, 0) is 42.5 Å². The van der Waals surface area contributed by atoms with E-state index >= 15 is 0 Å². The molecule has 4 aromatic rings. The molecule has 0 atom stereocenters. The van der Waals surface area contributed by atoms with Crippen LogP contribution in [0.25, 0.3) is 0 Å². The van der Waals surface area contributed by atoms with Crippen molar-refractivity contribution in [2.75, 3.05) is 26.2 Å². The summed E-state index contributed by atoms with van der Waals surface area (Å²) in [7, 11) is 0. The number of piperidine rings is 1. The zero-order valence-electron chi connectivity index (χ0n) is 25.6. The summed E-state index contributed by atoms with van der Waals surface area (Å²) in [5.74, 6) is 8.57. The van der Waals surface area contributed by atoms with Crippen LogP contribution in [-0.2, 0) is 0 Å². The predicted molar refractivity (Wildman–Crippen MR) is 169 cm³/mol. The molecule has 2 aromatic heterocycles. The fourth-order valence-corrected chi connectivity index (χ4v) is 4.87. The summed E-state index contributed by atoms with van der Waals surface area (Å²) in [6.45, 7) is 4.76. The highest BCUT2D eigenvalue weighted by molar-refractivity contribution is 5.91. The molecule has 0 bridgehead atoms. The van der Waals surface area contributed by atoms with E-state index in [0.29, 0.717) is 11.1 Å². The van der Waals surface area contributed by atoms with Gasteiger partial charge in [-0.1, -0.05) is 73.9 Å². The van der Waals surface area contributed by atoms with Crippen LogP contribution in [0.5, 0.6) is 0 Å². The van der Waals surface area contributed by atoms with Gasteiger partial charge in [-0.3, -0.25) is 9.59 Å². The quantitative estimate of drug-likeness (QED) is 0.290. The molecule has 4 heterocycles. The Hall–Kier alpha value is -5.48. The number of carbonyl (C=O) groups is 2. The number of likely N-dealkylation sites (tertiary alicyclic amines) is 2. The van der Waals surface area contributed by atoms with E-state index in [-0.39, 0.29) is 23.0 Å². The van der Waals surface area contributed by atoms with Gasteiger partial charge in [0.25, 0.3) is 17.7 Å². The van der Waals surface area contributed by atoms with E-state index in [4.69, 9.17) is 0 Å². The minimum Gasteiger partial charge on any atom is -0.335 e. The van der Waals surface area contributed by atoms with Crippen molar-refractivity contribution >= 4 is 11.8 Å². The summed E-state index contributed by atoms with van der Waals surface area (Å²) in [6.07, 6.45) is 8.23. The van der Waals surface area contributed by atoms with E-state index < -0.39 is 24.9 Å². The van der Waals surface area contributed by atoms with Crippen molar-refractivity contribution < 1.29 is 18.4 Å². The number of rotatable bonds is 2. The van der Waals surface area contributed by atoms with Crippen LogP contribution in [0.4, 0.5) is 8.78 Å². The van der Waals surface area contributed by atoms with E-state index in [1.807, 2.05) is 65.6 Å². The number of aromatic nitrogens is 4. The standard InChI is InChI=1S/C20H21N3O.C16H11F2N3O/c1-20(2)11-6-12-23(15-20)19(24)18-21-13-17(14-22-18)10-9-16-7-4-3-5-8-16;17-16(18)10-21(11-16)15(22)14-19-8-13(9-20-14)7-6-12-4-2-1-3-5-12/h3-5,7-8,13-14H,6,11-12,15H2,1-2H3;1-5,8-9H,10-11H2. The van der Waals surface area contributed by atoms with Crippen LogP contribution < -0.4 is 0 Å². The minimum atomic E-state index is -2.79. The molecular formula is C36H32F2N6O2. The molecule has 2 aliphatic heterocycles. The van der Waals surface area contributed by atoms with Gasteiger partial charge < -0.3 is 9.80 Å². The molecule has 0 aliphatic carbocycles. The first-order valence-corrected chi connectivity index (χ1v) is 14.8. The Morgan fingerprint density at radius 3 is 1.46 bits per heavy atom. The minimum absolute atomic E-state index is 0.0923. The Labute approximate surface area is 266 Å². The summed E-state index contributed by atoms with van der Waals surface area (Å²) in [5.41, 5.74) is 3.21. The smallest absolute Gasteiger partial charge is 0.292 e. The van der Waals surface area contributed by atoms with Gasteiger partial charge in [0.15, 0.2) is 0 Å². The lowest BCUT2D eigenvalue weighted by molar-refractivity contribution is -0.113. The molecule has 10 heteroatoms. The molecule has 2 amide bonds. The Morgan fingerprint density at radius 1 is 0.630 bits per heavy atom. The second kappa shape index (κ2) is 14.1. The third-order valence-electron chi connectivity index (χ3n) is 7.26. The number of hydrogen-bond acceptors (Lipinski definition) is 6. The van der Waals surface area contributed by atoms with Crippen LogP contribution >= 0.6 is 0 Å². The lowest BCUT2D eigenvalue weighted by Crippen LogP contribution is -2.58. The van der Waals surface area contributed by atoms with Gasteiger partial charge in [-0.2, -0.15) is 0 Å². The van der Waals surface area contributed by atoms with Gasteiger partial charge >= 0.3 is 0 Å². The topological polar surface area (TPSA) is 92.2 Å². The van der Waals surface area contributed by atoms with Crippen molar-refractivity contribution in [3.8, 4) is 23.7 Å². The van der Waals surface area contributed by atoms with E-state index in [9.17, 15) is 18.4 Å². The van der Waals surface area contributed by atoms with Crippen LogP contribution in [0.15, 0.2) is 85.5 Å². The van der Waals surface area contributed by atoms with Crippen molar-refractivity contribution in [1.29, 1.82) is 0 Å². The van der Waals surface area contributed by atoms with Gasteiger partial charge in [-0.25, -0.2) is 28.7 Å². The number of carbonyl (C=O) groups excluding carboxylic acids is 2. The van der Waals surface area contributed by atoms with Crippen LogP contribution in [0, 0.1) is 29.1 Å². The fraction of sp³-hybridized carbons (Fsp3) is 0.278. The molecule has 2 saturated heterocycles. The Balaban J connectivity index is 0.000000182. The summed E-state index contributed by atoms with van der Waals surface area (Å²) in [5, 5.41) is 0. The average Bonchev–Trinajstić information content (AvgIpc) is 3.06. The second-order valence-corrected chi connectivity index (χ2v) is 11.8. The highest BCUT2D eigenvalue weighted by Gasteiger charge is 2.47. The molecule has 232 valence electrons. The third-order valence-corrected chi connectivity index (χ3v) is 7.26. The Kier molecular flexibility index (Phi) is 9.78. The molecule has 2 aliphatic rings. The third kappa shape index (κ3) is 8.80. The maximum Gasteiger partial charge on any atom is 0.292 e. The summed E-state index contributed by atoms with van der Waals surface area (Å²) in [4.78, 5) is 43.5. The van der Waals surface area contributed by atoms with E-state index in [2.05, 4.69) is 57.5 Å². The first-order valence-electron chi connectivity index (χ1n) is 14.8. The van der Waals surface area contributed by atoms with Gasteiger partial charge in [0, 0.05) is 49.0 Å². The van der Waals surface area contributed by atoms with Gasteiger partial charge in [-0.15, -0.1) is 0 Å². The highest BCUT2D eigenvalue weighted by atomic mass is 19.3. The van der Waals surface area contributed by atoms with Gasteiger partial charge in [0.2, 0.25) is 11.6 Å². The van der Waals surface area contributed by atoms with Gasteiger partial charge in [0.1, 0.15) is 0 Å². The van der Waals surface area contributed by atoms with Crippen molar-refractivity contribution in [2.45, 2.75) is 32.6 Å². The van der Waals surface area contributed by atoms with Crippen molar-refractivity contribution in [2.24, 2.45) is 5.41 Å². The normalized spacial score (nSPS) is 15.8. The zero-order chi connectivity index (χ0) is 32.6. The van der Waals surface area contributed by atoms with Crippen LogP contribution in [-0.4, -0.2) is 73.7 Å². The van der Waals surface area contributed by atoms with E-state index in [1.54, 1.807) is 12.4 Å². The van der Waals surface area contributed by atoms with Crippen molar-refractivity contribution in [3.63, 3.8) is 0 Å². The molecule has 46 heavy (non-hydrogen) atoms. The van der Waals surface area contributed by atoms with Crippen molar-refractivity contribution in [3.05, 3.63) is 119 Å². The molecule has 0 saturated carbocycles. The first kappa shape index (κ1) is 31.9. The van der Waals surface area contributed by atoms with E-state index in [0.717, 1.165) is 42.0 Å². The summed E-state index contributed by atoms with van der Waals surface area (Å²) >= 11 is 0. The largest absolute Gasteiger partial charge is 0.335 e. The summed E-state index contributed by atoms with van der Waals surface area (Å²) in [6, 6.07) is 19.1. The maximum atomic E-state index is 12.7. The molecular weight excluding hydrogens is 586 g/mol. The number of amides is 2. The lowest BCUT2D eigenvalue weighted by atomic mass is 9.84. The first-order chi connectivity index (χ1) is 22.1. The van der Waals surface area contributed by atoms with Crippen LogP contribution in [0.1, 0.15) is 70.2 Å². The average molecular weight is 619 g/mol. The Morgan fingerprint density at radius 2 is 1.04 bits per heavy atom. The molecule has 2 fully saturated rings. The lowest BCUT2D eigenvalue weighted by Gasteiger charge is -2.38. The number of nitrogens with zero attached hydrogens (tertiary/aromatic N) is 6. The fourth-order valence-electron chi connectivity index (χ4n) is 4.87. The van der Waals surface area contributed by atoms with Gasteiger partial charge in [0.05, 0.1) is 24.2 Å². The molecule has 0 N–H and O–H groups in total. The second-order valence-electron chi connectivity index (χ2n) is 11.8. The molecule has 0 radical (unpaired) electrons. The highest BCUT2D eigenvalue weighted by Crippen LogP contribution is 2.29. The number of alkyl halides is 2. The monoisotopic (exact) mass is 618 g/mol. The van der Waals surface area contributed by atoms with Crippen LogP contribution in [0.2, 0.25) is 0 Å². The zero-order valence-corrected chi connectivity index (χ0v) is 25.6. The molecule has 0 spiro atoms. The number of halogens is 2. The molecule has 0 unspecified atom stereocenters. The summed E-state index contributed by atoms with van der Waals surface area (Å²) < 4.78 is 25.5. The number of hydrogen-bond donors (Lipinski definition) is 0. The predicted octanol–water partition coefficient (Wildman–Crippen LogP) is 5.11. The molecule has 6 rings (SSSR count). The van der Waals surface area contributed by atoms with E-state index in [1.165, 1.54) is 12.4 Å². The SMILES string of the molecule is CC1(C)CCCN(C(=O)c2ncc(C#Cc3ccccc3)cn2)C1.O=C(c1ncc(C#Cc2ccccc2)cn1)N1CC(F)(F)C1. The van der Waals surface area contributed by atoms with Crippen molar-refractivity contribution in [1.82, 2.24) is 29.7 Å². The molecule has 8 nitrogen and oxygen atoms in total. The van der Waals surface area contributed by atoms with Crippen LogP contribution in [0.3, 0.4) is 0 Å². The molecule has 2 aromatic carbocycles.